The monoisotopic (exact) mass is 251 g/mol. The zero-order valence-corrected chi connectivity index (χ0v) is 10.1. The van der Waals surface area contributed by atoms with Crippen molar-refractivity contribution in [3.8, 4) is 5.69 Å². The van der Waals surface area contributed by atoms with Crippen LogP contribution in [0.15, 0.2) is 24.4 Å². The zero-order valence-electron chi connectivity index (χ0n) is 9.35. The fourth-order valence-electron chi connectivity index (χ4n) is 1.31. The second-order valence-corrected chi connectivity index (χ2v) is 3.88. The molecule has 0 amide bonds. The van der Waals surface area contributed by atoms with Gasteiger partial charge in [-0.15, -0.1) is 5.10 Å². The van der Waals surface area contributed by atoms with Crippen LogP contribution in [0.2, 0.25) is 5.02 Å². The highest BCUT2D eigenvalue weighted by Crippen LogP contribution is 2.18. The van der Waals surface area contributed by atoms with Crippen LogP contribution in [-0.4, -0.2) is 28.1 Å². The number of ether oxygens (including phenoxy) is 1. The van der Waals surface area contributed by atoms with Crippen molar-refractivity contribution in [3.05, 3.63) is 40.7 Å². The van der Waals surface area contributed by atoms with Crippen LogP contribution in [0.5, 0.6) is 0 Å². The van der Waals surface area contributed by atoms with Crippen LogP contribution in [0.1, 0.15) is 16.1 Å². The predicted octanol–water partition coefficient (Wildman–Crippen LogP) is 2.02. The van der Waals surface area contributed by atoms with Gasteiger partial charge in [-0.05, 0) is 24.6 Å². The maximum atomic E-state index is 11.2. The summed E-state index contributed by atoms with van der Waals surface area (Å²) in [6, 6.07) is 5.47. The SMILES string of the molecule is COC(=O)c1cn(-c2ccc(C)c(Cl)c2)nn1. The molecule has 5 nitrogen and oxygen atoms in total. The van der Waals surface area contributed by atoms with Crippen molar-refractivity contribution in [2.45, 2.75) is 6.92 Å². The summed E-state index contributed by atoms with van der Waals surface area (Å²) >= 11 is 6.01. The quantitative estimate of drug-likeness (QED) is 0.766. The van der Waals surface area contributed by atoms with E-state index in [1.807, 2.05) is 19.1 Å². The highest BCUT2D eigenvalue weighted by molar-refractivity contribution is 6.31. The number of rotatable bonds is 2. The van der Waals surface area contributed by atoms with Crippen LogP contribution >= 0.6 is 11.6 Å². The van der Waals surface area contributed by atoms with Crippen molar-refractivity contribution in [1.29, 1.82) is 0 Å². The molecule has 6 heteroatoms. The van der Waals surface area contributed by atoms with E-state index in [1.165, 1.54) is 18.0 Å². The normalized spacial score (nSPS) is 10.3. The summed E-state index contributed by atoms with van der Waals surface area (Å²) in [5, 5.41) is 8.18. The first-order chi connectivity index (χ1) is 8.11. The molecule has 0 saturated heterocycles. The first-order valence-electron chi connectivity index (χ1n) is 4.89. The lowest BCUT2D eigenvalue weighted by molar-refractivity contribution is 0.0594. The van der Waals surface area contributed by atoms with E-state index >= 15 is 0 Å². The van der Waals surface area contributed by atoms with E-state index in [9.17, 15) is 4.79 Å². The van der Waals surface area contributed by atoms with E-state index in [-0.39, 0.29) is 5.69 Å². The minimum Gasteiger partial charge on any atom is -0.464 e. The van der Waals surface area contributed by atoms with E-state index in [1.54, 1.807) is 6.07 Å². The van der Waals surface area contributed by atoms with Crippen LogP contribution in [-0.2, 0) is 4.74 Å². The lowest BCUT2D eigenvalue weighted by atomic mass is 10.2. The summed E-state index contributed by atoms with van der Waals surface area (Å²) < 4.78 is 6.02. The van der Waals surface area contributed by atoms with Crippen LogP contribution < -0.4 is 0 Å². The Balaban J connectivity index is 2.37. The summed E-state index contributed by atoms with van der Waals surface area (Å²) in [5.74, 6) is -0.519. The van der Waals surface area contributed by atoms with E-state index in [4.69, 9.17) is 11.6 Å². The maximum Gasteiger partial charge on any atom is 0.360 e. The van der Waals surface area contributed by atoms with Gasteiger partial charge in [0.15, 0.2) is 5.69 Å². The molecule has 17 heavy (non-hydrogen) atoms. The Labute approximate surface area is 103 Å². The molecule has 0 aliphatic rings. The zero-order chi connectivity index (χ0) is 12.4. The number of benzene rings is 1. The number of carbonyl (C=O) groups is 1. The Morgan fingerprint density at radius 3 is 2.88 bits per heavy atom. The predicted molar refractivity (Wildman–Crippen MR) is 62.4 cm³/mol. The molecule has 0 unspecified atom stereocenters. The second-order valence-electron chi connectivity index (χ2n) is 3.47. The molecule has 0 saturated carbocycles. The Hall–Kier alpha value is -1.88. The average Bonchev–Trinajstić information content (AvgIpc) is 2.81. The first-order valence-corrected chi connectivity index (χ1v) is 5.27. The molecule has 0 spiro atoms. The molecule has 2 rings (SSSR count). The maximum absolute atomic E-state index is 11.2. The molecule has 0 atom stereocenters. The third-order valence-corrected chi connectivity index (χ3v) is 2.72. The molecule has 0 radical (unpaired) electrons. The molecule has 2 aromatic rings. The Kier molecular flexibility index (Phi) is 3.10. The van der Waals surface area contributed by atoms with Gasteiger partial charge in [0.05, 0.1) is 19.0 Å². The molecule has 0 bridgehead atoms. The van der Waals surface area contributed by atoms with Gasteiger partial charge in [-0.25, -0.2) is 9.48 Å². The van der Waals surface area contributed by atoms with Crippen molar-refractivity contribution < 1.29 is 9.53 Å². The number of halogens is 1. The van der Waals surface area contributed by atoms with Gasteiger partial charge in [0, 0.05) is 5.02 Å². The van der Waals surface area contributed by atoms with Gasteiger partial charge in [0.2, 0.25) is 0 Å². The average molecular weight is 252 g/mol. The number of carbonyl (C=O) groups excluding carboxylic acids is 1. The summed E-state index contributed by atoms with van der Waals surface area (Å²) in [4.78, 5) is 11.2. The van der Waals surface area contributed by atoms with Gasteiger partial charge in [-0.2, -0.15) is 0 Å². The van der Waals surface area contributed by atoms with Crippen molar-refractivity contribution in [2.24, 2.45) is 0 Å². The minimum absolute atomic E-state index is 0.157. The van der Waals surface area contributed by atoms with Gasteiger partial charge in [-0.3, -0.25) is 0 Å². The second kappa shape index (κ2) is 4.55. The topological polar surface area (TPSA) is 57.0 Å². The molecule has 0 aliphatic carbocycles. The van der Waals surface area contributed by atoms with Crippen LogP contribution in [0.4, 0.5) is 0 Å². The van der Waals surface area contributed by atoms with Gasteiger partial charge in [0.25, 0.3) is 0 Å². The highest BCUT2D eigenvalue weighted by atomic mass is 35.5. The van der Waals surface area contributed by atoms with Crippen LogP contribution in [0, 0.1) is 6.92 Å². The third-order valence-electron chi connectivity index (χ3n) is 2.31. The van der Waals surface area contributed by atoms with E-state index in [2.05, 4.69) is 15.0 Å². The fraction of sp³-hybridized carbons (Fsp3) is 0.182. The summed E-state index contributed by atoms with van der Waals surface area (Å²) in [6.45, 7) is 1.91. The number of hydrogen-bond acceptors (Lipinski definition) is 4. The molecular weight excluding hydrogens is 242 g/mol. The van der Waals surface area contributed by atoms with Gasteiger partial charge in [0.1, 0.15) is 0 Å². The van der Waals surface area contributed by atoms with E-state index < -0.39 is 5.97 Å². The van der Waals surface area contributed by atoms with Gasteiger partial charge < -0.3 is 4.74 Å². The largest absolute Gasteiger partial charge is 0.464 e. The smallest absolute Gasteiger partial charge is 0.360 e. The number of aryl methyl sites for hydroxylation is 1. The number of hydrogen-bond donors (Lipinski definition) is 0. The molecule has 1 aromatic heterocycles. The van der Waals surface area contributed by atoms with Crippen LogP contribution in [0.3, 0.4) is 0 Å². The molecule has 1 heterocycles. The Morgan fingerprint density at radius 1 is 1.47 bits per heavy atom. The number of nitrogens with zero attached hydrogens (tertiary/aromatic N) is 3. The molecule has 88 valence electrons. The summed E-state index contributed by atoms with van der Waals surface area (Å²) in [6.07, 6.45) is 1.49. The van der Waals surface area contributed by atoms with Gasteiger partial charge in [-0.1, -0.05) is 22.9 Å². The number of methoxy groups -OCH3 is 1. The highest BCUT2D eigenvalue weighted by Gasteiger charge is 2.11. The Morgan fingerprint density at radius 2 is 2.24 bits per heavy atom. The van der Waals surface area contributed by atoms with Crippen molar-refractivity contribution in [1.82, 2.24) is 15.0 Å². The number of esters is 1. The van der Waals surface area contributed by atoms with Crippen molar-refractivity contribution in [2.75, 3.05) is 7.11 Å². The molecule has 0 fully saturated rings. The molecular formula is C11H10ClN3O2. The standard InChI is InChI=1S/C11H10ClN3O2/c1-7-3-4-8(5-9(7)12)15-6-10(13-14-15)11(16)17-2/h3-6H,1-2H3. The lowest BCUT2D eigenvalue weighted by Crippen LogP contribution is -2.01. The summed E-state index contributed by atoms with van der Waals surface area (Å²) in [5.41, 5.74) is 1.87. The lowest BCUT2D eigenvalue weighted by Gasteiger charge is -2.02. The van der Waals surface area contributed by atoms with Crippen LogP contribution in [0.25, 0.3) is 5.69 Å². The van der Waals surface area contributed by atoms with Crippen molar-refractivity contribution in [3.63, 3.8) is 0 Å². The Bertz CT molecular complexity index is 566. The third kappa shape index (κ3) is 2.29. The summed E-state index contributed by atoms with van der Waals surface area (Å²) in [7, 11) is 1.30. The van der Waals surface area contributed by atoms with Gasteiger partial charge >= 0.3 is 5.97 Å². The van der Waals surface area contributed by atoms with E-state index in [0.29, 0.717) is 5.02 Å². The number of aromatic nitrogens is 3. The van der Waals surface area contributed by atoms with Crippen molar-refractivity contribution >= 4 is 17.6 Å². The molecule has 1 aromatic carbocycles. The fourth-order valence-corrected chi connectivity index (χ4v) is 1.49. The minimum atomic E-state index is -0.519. The first kappa shape index (κ1) is 11.6. The van der Waals surface area contributed by atoms with E-state index in [0.717, 1.165) is 11.3 Å². The molecule has 0 aliphatic heterocycles. The molecule has 0 N–H and O–H groups in total.